The Morgan fingerprint density at radius 1 is 1.00 bits per heavy atom. The molecular weight excluding hydrogens is 300 g/mol. The van der Waals surface area contributed by atoms with Crippen LogP contribution in [-0.4, -0.2) is 23.6 Å². The predicted molar refractivity (Wildman–Crippen MR) is 84.8 cm³/mol. The van der Waals surface area contributed by atoms with Gasteiger partial charge in [-0.1, -0.05) is 18.2 Å². The van der Waals surface area contributed by atoms with E-state index in [2.05, 4.69) is 15.2 Å². The number of benzene rings is 2. The van der Waals surface area contributed by atoms with Crippen LogP contribution in [-0.2, 0) is 10.0 Å². The van der Waals surface area contributed by atoms with E-state index in [1.54, 1.807) is 6.07 Å². The number of rotatable bonds is 2. The lowest BCUT2D eigenvalue weighted by Crippen LogP contribution is -2.11. The highest BCUT2D eigenvalue weighted by molar-refractivity contribution is 7.89. The molecule has 0 spiro atoms. The molecule has 4 rings (SSSR count). The van der Waals surface area contributed by atoms with Crippen LogP contribution in [0, 0.1) is 0 Å². The molecule has 0 aliphatic rings. The van der Waals surface area contributed by atoms with E-state index in [0.717, 1.165) is 22.1 Å². The normalized spacial score (nSPS) is 12.2. The van der Waals surface area contributed by atoms with Gasteiger partial charge in [-0.25, -0.2) is 13.6 Å². The molecule has 22 heavy (non-hydrogen) atoms. The Labute approximate surface area is 126 Å². The Balaban J connectivity index is 1.98. The van der Waals surface area contributed by atoms with Gasteiger partial charge < -0.3 is 4.98 Å². The highest BCUT2D eigenvalue weighted by atomic mass is 32.2. The first-order valence-electron chi connectivity index (χ1n) is 6.61. The number of hydrogen-bond acceptors (Lipinski definition) is 3. The van der Waals surface area contributed by atoms with Crippen molar-refractivity contribution >= 4 is 31.8 Å². The molecule has 4 aromatic rings. The number of sulfonamides is 1. The number of nitrogens with one attached hydrogen (secondary N) is 2. The third kappa shape index (κ3) is 1.99. The van der Waals surface area contributed by atoms with Gasteiger partial charge in [0.25, 0.3) is 0 Å². The zero-order valence-corrected chi connectivity index (χ0v) is 12.2. The molecule has 0 bridgehead atoms. The maximum Gasteiger partial charge on any atom is 0.238 e. The van der Waals surface area contributed by atoms with Crippen LogP contribution in [0.3, 0.4) is 0 Å². The Morgan fingerprint density at radius 3 is 2.59 bits per heavy atom. The Kier molecular flexibility index (Phi) is 2.63. The smallest absolute Gasteiger partial charge is 0.238 e. The quantitative estimate of drug-likeness (QED) is 0.529. The lowest BCUT2D eigenvalue weighted by atomic mass is 10.1. The van der Waals surface area contributed by atoms with Crippen molar-refractivity contribution in [3.05, 3.63) is 48.5 Å². The number of aromatic nitrogens is 3. The van der Waals surface area contributed by atoms with E-state index in [0.29, 0.717) is 11.1 Å². The summed E-state index contributed by atoms with van der Waals surface area (Å²) in [5.41, 5.74) is 3.23. The van der Waals surface area contributed by atoms with Crippen LogP contribution >= 0.6 is 0 Å². The highest BCUT2D eigenvalue weighted by Gasteiger charge is 2.14. The van der Waals surface area contributed by atoms with Gasteiger partial charge in [0.1, 0.15) is 5.69 Å². The van der Waals surface area contributed by atoms with Crippen LogP contribution in [0.4, 0.5) is 0 Å². The van der Waals surface area contributed by atoms with E-state index < -0.39 is 10.0 Å². The molecule has 0 radical (unpaired) electrons. The van der Waals surface area contributed by atoms with Crippen molar-refractivity contribution in [1.82, 2.24) is 15.2 Å². The summed E-state index contributed by atoms with van der Waals surface area (Å²) in [6.07, 6.45) is 0. The van der Waals surface area contributed by atoms with E-state index in [1.807, 2.05) is 30.3 Å². The van der Waals surface area contributed by atoms with E-state index in [4.69, 9.17) is 5.14 Å². The third-order valence-electron chi connectivity index (χ3n) is 3.65. The average molecular weight is 312 g/mol. The SMILES string of the molecule is NS(=O)(=O)c1ccc2[nH]nc(-c3cc4ccccc4[nH]3)c2c1. The summed E-state index contributed by atoms with van der Waals surface area (Å²) < 4.78 is 23.1. The number of para-hydroxylation sites is 1. The minimum Gasteiger partial charge on any atom is -0.353 e. The second kappa shape index (κ2) is 4.43. The van der Waals surface area contributed by atoms with Gasteiger partial charge >= 0.3 is 0 Å². The zero-order valence-electron chi connectivity index (χ0n) is 11.4. The summed E-state index contributed by atoms with van der Waals surface area (Å²) in [5, 5.41) is 14.2. The molecule has 2 aromatic heterocycles. The topological polar surface area (TPSA) is 105 Å². The summed E-state index contributed by atoms with van der Waals surface area (Å²) >= 11 is 0. The van der Waals surface area contributed by atoms with E-state index >= 15 is 0 Å². The first-order valence-corrected chi connectivity index (χ1v) is 8.16. The summed E-state index contributed by atoms with van der Waals surface area (Å²) in [6.45, 7) is 0. The number of nitrogens with zero attached hydrogens (tertiary/aromatic N) is 1. The van der Waals surface area contributed by atoms with Crippen molar-refractivity contribution in [2.24, 2.45) is 5.14 Å². The number of primary sulfonamides is 1. The van der Waals surface area contributed by atoms with Crippen LogP contribution in [0.5, 0.6) is 0 Å². The molecule has 0 aliphatic heterocycles. The van der Waals surface area contributed by atoms with Gasteiger partial charge in [0.05, 0.1) is 16.1 Å². The monoisotopic (exact) mass is 312 g/mol. The number of hydrogen-bond donors (Lipinski definition) is 3. The summed E-state index contributed by atoms with van der Waals surface area (Å²) in [5.74, 6) is 0. The molecule has 4 N–H and O–H groups in total. The first-order chi connectivity index (χ1) is 10.5. The van der Waals surface area contributed by atoms with Crippen molar-refractivity contribution in [2.75, 3.05) is 0 Å². The standard InChI is InChI=1S/C15H12N4O2S/c16-22(20,21)10-5-6-13-11(8-10)15(19-18-13)14-7-9-3-1-2-4-12(9)17-14/h1-8,17H,(H,18,19)(H2,16,20,21). The minimum atomic E-state index is -3.75. The second-order valence-corrected chi connectivity index (χ2v) is 6.66. The van der Waals surface area contributed by atoms with Gasteiger partial charge in [-0.05, 0) is 30.3 Å². The molecule has 6 nitrogen and oxygen atoms in total. The lowest BCUT2D eigenvalue weighted by molar-refractivity contribution is 0.598. The van der Waals surface area contributed by atoms with Crippen LogP contribution in [0.1, 0.15) is 0 Å². The van der Waals surface area contributed by atoms with Gasteiger partial charge in [-0.3, -0.25) is 5.10 Å². The molecule has 2 aromatic carbocycles. The highest BCUT2D eigenvalue weighted by Crippen LogP contribution is 2.29. The largest absolute Gasteiger partial charge is 0.353 e. The Morgan fingerprint density at radius 2 is 1.82 bits per heavy atom. The van der Waals surface area contributed by atoms with Crippen molar-refractivity contribution in [3.8, 4) is 11.4 Å². The molecule has 0 saturated heterocycles. The second-order valence-electron chi connectivity index (χ2n) is 5.09. The Bertz CT molecular complexity index is 1080. The van der Waals surface area contributed by atoms with Gasteiger partial charge in [-0.2, -0.15) is 5.10 Å². The molecular formula is C15H12N4O2S. The van der Waals surface area contributed by atoms with Crippen LogP contribution in [0.25, 0.3) is 33.2 Å². The van der Waals surface area contributed by atoms with Crippen molar-refractivity contribution < 1.29 is 8.42 Å². The minimum absolute atomic E-state index is 0.0683. The molecule has 0 saturated carbocycles. The zero-order chi connectivity index (χ0) is 15.3. The number of aromatic amines is 2. The van der Waals surface area contributed by atoms with Crippen LogP contribution in [0.15, 0.2) is 53.4 Å². The number of H-pyrrole nitrogens is 2. The van der Waals surface area contributed by atoms with Crippen molar-refractivity contribution in [2.45, 2.75) is 4.90 Å². The molecule has 0 aliphatic carbocycles. The number of nitrogens with two attached hydrogens (primary N) is 1. The lowest BCUT2D eigenvalue weighted by Gasteiger charge is -1.99. The van der Waals surface area contributed by atoms with Gasteiger partial charge in [-0.15, -0.1) is 0 Å². The summed E-state index contributed by atoms with van der Waals surface area (Å²) in [7, 11) is -3.75. The fourth-order valence-electron chi connectivity index (χ4n) is 2.58. The van der Waals surface area contributed by atoms with E-state index in [1.165, 1.54) is 12.1 Å². The molecule has 0 amide bonds. The van der Waals surface area contributed by atoms with Gasteiger partial charge in [0, 0.05) is 16.3 Å². The molecule has 2 heterocycles. The Hall–Kier alpha value is -2.64. The van der Waals surface area contributed by atoms with Crippen molar-refractivity contribution in [1.29, 1.82) is 0 Å². The van der Waals surface area contributed by atoms with E-state index in [-0.39, 0.29) is 4.90 Å². The molecule has 7 heteroatoms. The first kappa shape index (κ1) is 13.1. The molecule has 110 valence electrons. The average Bonchev–Trinajstić information content (AvgIpc) is 3.08. The fraction of sp³-hybridized carbons (Fsp3) is 0. The maximum atomic E-state index is 11.5. The summed E-state index contributed by atoms with van der Waals surface area (Å²) in [6, 6.07) is 14.5. The molecule has 0 unspecified atom stereocenters. The van der Waals surface area contributed by atoms with E-state index in [9.17, 15) is 8.42 Å². The summed E-state index contributed by atoms with van der Waals surface area (Å²) in [4.78, 5) is 3.35. The molecule has 0 fully saturated rings. The molecule has 0 atom stereocenters. The number of fused-ring (bicyclic) bond motifs is 2. The fourth-order valence-corrected chi connectivity index (χ4v) is 3.12. The van der Waals surface area contributed by atoms with Crippen LogP contribution in [0.2, 0.25) is 0 Å². The van der Waals surface area contributed by atoms with Crippen LogP contribution < -0.4 is 5.14 Å². The van der Waals surface area contributed by atoms with Gasteiger partial charge in [0.15, 0.2) is 0 Å². The predicted octanol–water partition coefficient (Wildman–Crippen LogP) is 2.36. The van der Waals surface area contributed by atoms with Gasteiger partial charge in [0.2, 0.25) is 10.0 Å². The maximum absolute atomic E-state index is 11.5. The third-order valence-corrected chi connectivity index (χ3v) is 4.56. The van der Waals surface area contributed by atoms with Crippen molar-refractivity contribution in [3.63, 3.8) is 0 Å².